The summed E-state index contributed by atoms with van der Waals surface area (Å²) < 4.78 is 24.5. The first-order valence-electron chi connectivity index (χ1n) is 7.69. The number of hydrogen-bond acceptors (Lipinski definition) is 5. The first-order valence-corrected chi connectivity index (χ1v) is 10.1. The molecule has 3 rings (SSSR count). The summed E-state index contributed by atoms with van der Waals surface area (Å²) in [6.07, 6.45) is 1.42. The van der Waals surface area contributed by atoms with E-state index in [4.69, 9.17) is 0 Å². The first kappa shape index (κ1) is 17.6. The third kappa shape index (κ3) is 4.25. The Morgan fingerprint density at radius 3 is 2.56 bits per heavy atom. The minimum atomic E-state index is -3.87. The Labute approximate surface area is 149 Å². The average molecular weight is 379 g/mol. The molecule has 0 aliphatic carbocycles. The normalized spacial score (nSPS) is 14.7. The summed E-state index contributed by atoms with van der Waals surface area (Å²) in [5.74, 6) is -0.403. The summed E-state index contributed by atoms with van der Waals surface area (Å²) in [5, 5.41) is 1.85. The molecule has 7 nitrogen and oxygen atoms in total. The minimum Gasteiger partial charge on any atom is -0.312 e. The molecule has 0 unspecified atom stereocenters. The second-order valence-corrected chi connectivity index (χ2v) is 8.27. The fourth-order valence-electron chi connectivity index (χ4n) is 2.53. The maximum absolute atomic E-state index is 12.2. The van der Waals surface area contributed by atoms with Gasteiger partial charge in [-0.25, -0.2) is 8.42 Å². The van der Waals surface area contributed by atoms with Gasteiger partial charge in [0.1, 0.15) is 0 Å². The molecule has 1 fully saturated rings. The summed E-state index contributed by atoms with van der Waals surface area (Å²) >= 11 is 1.42. The predicted molar refractivity (Wildman–Crippen MR) is 94.5 cm³/mol. The molecule has 132 valence electrons. The number of anilines is 1. The van der Waals surface area contributed by atoms with Gasteiger partial charge in [-0.05, 0) is 42.1 Å². The first-order chi connectivity index (χ1) is 12.0. The van der Waals surface area contributed by atoms with Crippen LogP contribution in [-0.4, -0.2) is 26.8 Å². The van der Waals surface area contributed by atoms with Gasteiger partial charge in [-0.2, -0.15) is 0 Å². The number of benzene rings is 1. The van der Waals surface area contributed by atoms with E-state index in [2.05, 4.69) is 10.3 Å². The van der Waals surface area contributed by atoms with Crippen LogP contribution in [0.2, 0.25) is 0 Å². The van der Waals surface area contributed by atoms with Crippen LogP contribution in [0, 0.1) is 0 Å². The summed E-state index contributed by atoms with van der Waals surface area (Å²) in [6, 6.07) is 9.63. The molecular weight excluding hydrogens is 362 g/mol. The number of hydrazine groups is 1. The maximum atomic E-state index is 12.2. The lowest BCUT2D eigenvalue weighted by molar-refractivity contribution is -0.121. The number of hydrogen-bond donors (Lipinski definition) is 2. The van der Waals surface area contributed by atoms with Gasteiger partial charge in [0.2, 0.25) is 11.8 Å². The molecule has 0 atom stereocenters. The zero-order valence-electron chi connectivity index (χ0n) is 13.3. The van der Waals surface area contributed by atoms with Crippen LogP contribution >= 0.6 is 11.3 Å². The van der Waals surface area contributed by atoms with Crippen molar-refractivity contribution in [1.29, 1.82) is 0 Å². The lowest BCUT2D eigenvalue weighted by atomic mass is 10.3. The predicted octanol–water partition coefficient (Wildman–Crippen LogP) is 1.43. The molecule has 1 aliphatic rings. The largest absolute Gasteiger partial charge is 0.312 e. The molecular formula is C16H17N3O4S2. The van der Waals surface area contributed by atoms with E-state index >= 15 is 0 Å². The Morgan fingerprint density at radius 2 is 1.96 bits per heavy atom. The number of carbonyl (C=O) groups excluding carboxylic acids is 2. The van der Waals surface area contributed by atoms with Crippen molar-refractivity contribution in [1.82, 2.24) is 10.3 Å². The highest BCUT2D eigenvalue weighted by molar-refractivity contribution is 7.89. The van der Waals surface area contributed by atoms with Crippen LogP contribution in [0.15, 0.2) is 46.7 Å². The van der Waals surface area contributed by atoms with Gasteiger partial charge in [0.05, 0.1) is 11.3 Å². The van der Waals surface area contributed by atoms with Gasteiger partial charge >= 0.3 is 0 Å². The number of amides is 2. The molecule has 1 saturated heterocycles. The van der Waals surface area contributed by atoms with Crippen LogP contribution < -0.4 is 15.2 Å². The number of nitrogens with one attached hydrogen (secondary N) is 2. The molecule has 0 spiro atoms. The second kappa shape index (κ2) is 7.34. The standard InChI is InChI=1S/C16H17N3O4S2/c20-15(11-13-3-2-10-24-13)17-18-25(22,23)14-7-5-12(6-8-14)19-9-1-4-16(19)21/h2-3,5-8,10,18H,1,4,9,11H2,(H,17,20). The van der Waals surface area contributed by atoms with Crippen molar-refractivity contribution in [3.05, 3.63) is 46.7 Å². The zero-order valence-corrected chi connectivity index (χ0v) is 14.9. The molecule has 1 aromatic carbocycles. The number of thiophene rings is 1. The molecule has 0 saturated carbocycles. The van der Waals surface area contributed by atoms with Crippen LogP contribution in [0.25, 0.3) is 0 Å². The third-order valence-corrected chi connectivity index (χ3v) is 5.91. The van der Waals surface area contributed by atoms with Crippen molar-refractivity contribution in [3.8, 4) is 0 Å². The lowest BCUT2D eigenvalue weighted by Gasteiger charge is -2.16. The highest BCUT2D eigenvalue weighted by Gasteiger charge is 2.22. The second-order valence-electron chi connectivity index (χ2n) is 5.55. The summed E-state index contributed by atoms with van der Waals surface area (Å²) in [5.41, 5.74) is 2.87. The molecule has 1 aliphatic heterocycles. The molecule has 2 heterocycles. The fraction of sp³-hybridized carbons (Fsp3) is 0.250. The molecule has 0 bridgehead atoms. The van der Waals surface area contributed by atoms with Crippen LogP contribution in [0.5, 0.6) is 0 Å². The summed E-state index contributed by atoms with van der Waals surface area (Å²) in [4.78, 5) is 28.1. The van der Waals surface area contributed by atoms with Crippen LogP contribution in [0.1, 0.15) is 17.7 Å². The molecule has 2 N–H and O–H groups in total. The third-order valence-electron chi connectivity index (χ3n) is 3.77. The van der Waals surface area contributed by atoms with Crippen LogP contribution in [-0.2, 0) is 26.0 Å². The van der Waals surface area contributed by atoms with Gasteiger partial charge in [0, 0.05) is 23.5 Å². The Balaban J connectivity index is 1.61. The zero-order chi connectivity index (χ0) is 17.9. The number of sulfonamides is 1. The highest BCUT2D eigenvalue weighted by Crippen LogP contribution is 2.22. The van der Waals surface area contributed by atoms with Gasteiger partial charge < -0.3 is 4.90 Å². The van der Waals surface area contributed by atoms with Crippen molar-refractivity contribution in [2.75, 3.05) is 11.4 Å². The van der Waals surface area contributed by atoms with E-state index in [0.717, 1.165) is 11.3 Å². The van der Waals surface area contributed by atoms with E-state index < -0.39 is 15.9 Å². The number of carbonyl (C=O) groups is 2. The Bertz CT molecular complexity index is 861. The van der Waals surface area contributed by atoms with Gasteiger partial charge in [0.15, 0.2) is 0 Å². The van der Waals surface area contributed by atoms with Crippen LogP contribution in [0.3, 0.4) is 0 Å². The SMILES string of the molecule is O=C(Cc1cccs1)NNS(=O)(=O)c1ccc(N2CCCC2=O)cc1. The summed E-state index contributed by atoms with van der Waals surface area (Å²) in [6.45, 7) is 0.641. The fourth-order valence-corrected chi connectivity index (χ4v) is 4.09. The van der Waals surface area contributed by atoms with E-state index in [1.807, 2.05) is 11.4 Å². The van der Waals surface area contributed by atoms with Crippen molar-refractivity contribution in [2.24, 2.45) is 0 Å². The van der Waals surface area contributed by atoms with Crippen molar-refractivity contribution in [3.63, 3.8) is 0 Å². The molecule has 9 heteroatoms. The van der Waals surface area contributed by atoms with E-state index in [9.17, 15) is 18.0 Å². The van der Waals surface area contributed by atoms with Gasteiger partial charge in [-0.15, -0.1) is 16.2 Å². The Hall–Kier alpha value is -2.23. The van der Waals surface area contributed by atoms with Gasteiger partial charge in [-0.1, -0.05) is 6.07 Å². The molecule has 25 heavy (non-hydrogen) atoms. The monoisotopic (exact) mass is 379 g/mol. The van der Waals surface area contributed by atoms with Crippen molar-refractivity contribution < 1.29 is 18.0 Å². The average Bonchev–Trinajstić information content (AvgIpc) is 3.25. The molecule has 0 radical (unpaired) electrons. The van der Waals surface area contributed by atoms with E-state index in [0.29, 0.717) is 18.7 Å². The quantitative estimate of drug-likeness (QED) is 0.742. The minimum absolute atomic E-state index is 0.0133. The maximum Gasteiger partial charge on any atom is 0.257 e. The van der Waals surface area contributed by atoms with Crippen LogP contribution in [0.4, 0.5) is 5.69 Å². The number of nitrogens with zero attached hydrogens (tertiary/aromatic N) is 1. The van der Waals surface area contributed by atoms with E-state index in [1.54, 1.807) is 23.1 Å². The van der Waals surface area contributed by atoms with E-state index in [1.165, 1.54) is 23.5 Å². The lowest BCUT2D eigenvalue weighted by Crippen LogP contribution is -2.42. The molecule has 2 amide bonds. The molecule has 2 aromatic rings. The van der Waals surface area contributed by atoms with Crippen molar-refractivity contribution >= 4 is 38.9 Å². The Kier molecular flexibility index (Phi) is 5.16. The summed E-state index contributed by atoms with van der Waals surface area (Å²) in [7, 11) is -3.87. The Morgan fingerprint density at radius 1 is 1.20 bits per heavy atom. The van der Waals surface area contributed by atoms with E-state index in [-0.39, 0.29) is 17.2 Å². The molecule has 1 aromatic heterocycles. The van der Waals surface area contributed by atoms with Gasteiger partial charge in [-0.3, -0.25) is 15.0 Å². The van der Waals surface area contributed by atoms with Crippen molar-refractivity contribution in [2.45, 2.75) is 24.2 Å². The number of rotatable bonds is 6. The van der Waals surface area contributed by atoms with Gasteiger partial charge in [0.25, 0.3) is 10.0 Å². The smallest absolute Gasteiger partial charge is 0.257 e. The highest BCUT2D eigenvalue weighted by atomic mass is 32.2. The topological polar surface area (TPSA) is 95.6 Å².